The maximum atomic E-state index is 12.1. The fraction of sp³-hybridized carbons (Fsp3) is 0.667. The zero-order chi connectivity index (χ0) is 14.1. The van der Waals surface area contributed by atoms with Crippen molar-refractivity contribution in [3.8, 4) is 0 Å². The zero-order valence-electron chi connectivity index (χ0n) is 11.3. The molecule has 0 bridgehead atoms. The second-order valence-corrected chi connectivity index (χ2v) is 7.55. The molecule has 0 unspecified atom stereocenters. The molecule has 0 spiro atoms. The number of nitrogens with two attached hydrogens (primary N) is 1. The normalized spacial score (nSPS) is 20.3. The predicted octanol–water partition coefficient (Wildman–Crippen LogP) is 1.31. The highest BCUT2D eigenvalue weighted by Gasteiger charge is 2.29. The van der Waals surface area contributed by atoms with E-state index in [-0.39, 0.29) is 16.9 Å². The van der Waals surface area contributed by atoms with Crippen molar-refractivity contribution in [2.45, 2.75) is 50.5 Å². The highest BCUT2D eigenvalue weighted by atomic mass is 32.2. The maximum absolute atomic E-state index is 12.1. The number of sulfonamides is 1. The van der Waals surface area contributed by atoms with E-state index < -0.39 is 10.0 Å². The quantitative estimate of drug-likeness (QED) is 0.872. The molecule has 3 N–H and O–H groups in total. The Morgan fingerprint density at radius 2 is 1.79 bits per heavy atom. The minimum Gasteiger partial charge on any atom is -0.368 e. The van der Waals surface area contributed by atoms with Crippen molar-refractivity contribution in [3.63, 3.8) is 0 Å². The molecule has 0 aliphatic heterocycles. The van der Waals surface area contributed by atoms with Crippen LogP contribution in [-0.4, -0.2) is 24.4 Å². The first-order chi connectivity index (χ1) is 8.78. The van der Waals surface area contributed by atoms with Gasteiger partial charge in [-0.25, -0.2) is 23.1 Å². The minimum atomic E-state index is -3.54. The molecule has 1 aliphatic rings. The summed E-state index contributed by atoms with van der Waals surface area (Å²) in [6.45, 7) is 4.43. The number of hydrogen-bond acceptors (Lipinski definition) is 5. The van der Waals surface area contributed by atoms with Gasteiger partial charge in [0.25, 0.3) is 0 Å². The van der Waals surface area contributed by atoms with Crippen LogP contribution < -0.4 is 10.5 Å². The molecule has 1 fully saturated rings. The molecule has 0 atom stereocenters. The van der Waals surface area contributed by atoms with E-state index in [1.807, 2.05) is 0 Å². The molecule has 106 valence electrons. The van der Waals surface area contributed by atoms with Crippen molar-refractivity contribution < 1.29 is 8.42 Å². The van der Waals surface area contributed by atoms with Crippen molar-refractivity contribution in [2.24, 2.45) is 5.41 Å². The lowest BCUT2D eigenvalue weighted by Gasteiger charge is -2.34. The Hall–Kier alpha value is -1.21. The van der Waals surface area contributed by atoms with Gasteiger partial charge in [-0.15, -0.1) is 0 Å². The monoisotopic (exact) mass is 284 g/mol. The van der Waals surface area contributed by atoms with Crippen LogP contribution in [0, 0.1) is 5.41 Å². The van der Waals surface area contributed by atoms with Gasteiger partial charge in [0.2, 0.25) is 16.0 Å². The van der Waals surface area contributed by atoms with Crippen LogP contribution in [0.15, 0.2) is 17.3 Å². The largest absolute Gasteiger partial charge is 0.368 e. The summed E-state index contributed by atoms with van der Waals surface area (Å²) in [5, 5.41) is 0. The lowest BCUT2D eigenvalue weighted by molar-refractivity contribution is 0.218. The van der Waals surface area contributed by atoms with Gasteiger partial charge in [-0.3, -0.25) is 0 Å². The summed E-state index contributed by atoms with van der Waals surface area (Å²) in [7, 11) is -3.54. The Bertz CT molecular complexity index is 529. The first-order valence-corrected chi connectivity index (χ1v) is 7.87. The number of nitrogen functional groups attached to an aromatic ring is 1. The van der Waals surface area contributed by atoms with Crippen LogP contribution in [0.2, 0.25) is 0 Å². The SMILES string of the molecule is CC1(C)CCC(NS(=O)(=O)c2cnc(N)nc2)CC1. The van der Waals surface area contributed by atoms with Gasteiger partial charge in [0.15, 0.2) is 0 Å². The molecule has 0 aromatic carbocycles. The maximum Gasteiger partial charge on any atom is 0.243 e. The van der Waals surface area contributed by atoms with E-state index in [2.05, 4.69) is 28.5 Å². The van der Waals surface area contributed by atoms with Gasteiger partial charge in [0, 0.05) is 6.04 Å². The molecule has 6 nitrogen and oxygen atoms in total. The smallest absolute Gasteiger partial charge is 0.243 e. The van der Waals surface area contributed by atoms with Crippen LogP contribution >= 0.6 is 0 Å². The Balaban J connectivity index is 2.04. The third-order valence-corrected chi connectivity index (χ3v) is 5.09. The molecule has 1 saturated carbocycles. The summed E-state index contributed by atoms with van der Waals surface area (Å²) < 4.78 is 27.0. The number of nitrogens with zero attached hydrogens (tertiary/aromatic N) is 2. The van der Waals surface area contributed by atoms with Crippen molar-refractivity contribution in [1.82, 2.24) is 14.7 Å². The molecular formula is C12H20N4O2S. The van der Waals surface area contributed by atoms with Crippen LogP contribution in [-0.2, 0) is 10.0 Å². The van der Waals surface area contributed by atoms with Gasteiger partial charge < -0.3 is 5.73 Å². The molecule has 7 heteroatoms. The number of hydrogen-bond donors (Lipinski definition) is 2. The molecule has 1 aromatic heterocycles. The molecule has 1 heterocycles. The van der Waals surface area contributed by atoms with Crippen molar-refractivity contribution in [2.75, 3.05) is 5.73 Å². The molecule has 1 aromatic rings. The number of aromatic nitrogens is 2. The third kappa shape index (κ3) is 3.63. The summed E-state index contributed by atoms with van der Waals surface area (Å²) in [5.74, 6) is 0.0679. The van der Waals surface area contributed by atoms with Gasteiger partial charge in [-0.1, -0.05) is 13.8 Å². The number of anilines is 1. The number of rotatable bonds is 3. The van der Waals surface area contributed by atoms with Crippen molar-refractivity contribution >= 4 is 16.0 Å². The van der Waals surface area contributed by atoms with Crippen molar-refractivity contribution in [3.05, 3.63) is 12.4 Å². The summed E-state index contributed by atoms with van der Waals surface area (Å²) in [6.07, 6.45) is 6.25. The van der Waals surface area contributed by atoms with E-state index in [0.717, 1.165) is 25.7 Å². The zero-order valence-corrected chi connectivity index (χ0v) is 12.1. The van der Waals surface area contributed by atoms with Crippen molar-refractivity contribution in [1.29, 1.82) is 0 Å². The first-order valence-electron chi connectivity index (χ1n) is 6.38. The second-order valence-electron chi connectivity index (χ2n) is 5.84. The average molecular weight is 284 g/mol. The minimum absolute atomic E-state index is 0.00409. The van der Waals surface area contributed by atoms with Gasteiger partial charge >= 0.3 is 0 Å². The van der Waals surface area contributed by atoms with Gasteiger partial charge in [0.05, 0.1) is 12.4 Å². The Labute approximate surface area is 113 Å². The predicted molar refractivity (Wildman–Crippen MR) is 72.8 cm³/mol. The summed E-state index contributed by atoms with van der Waals surface area (Å²) in [6, 6.07) is -0.00409. The van der Waals surface area contributed by atoms with E-state index in [1.165, 1.54) is 12.4 Å². The Morgan fingerprint density at radius 3 is 2.32 bits per heavy atom. The van der Waals surface area contributed by atoms with Crippen LogP contribution in [0.5, 0.6) is 0 Å². The van der Waals surface area contributed by atoms with E-state index in [1.54, 1.807) is 0 Å². The summed E-state index contributed by atoms with van der Waals surface area (Å²) in [4.78, 5) is 7.48. The van der Waals surface area contributed by atoms with E-state index in [4.69, 9.17) is 5.73 Å². The molecule has 1 aliphatic carbocycles. The second kappa shape index (κ2) is 5.05. The van der Waals surface area contributed by atoms with Gasteiger partial charge in [0.1, 0.15) is 4.90 Å². The molecule has 0 amide bonds. The molecule has 19 heavy (non-hydrogen) atoms. The highest BCUT2D eigenvalue weighted by molar-refractivity contribution is 7.89. The van der Waals surface area contributed by atoms with E-state index >= 15 is 0 Å². The van der Waals surface area contributed by atoms with Gasteiger partial charge in [-0.05, 0) is 31.1 Å². The van der Waals surface area contributed by atoms with E-state index in [9.17, 15) is 8.42 Å². The van der Waals surface area contributed by atoms with Crippen LogP contribution in [0.1, 0.15) is 39.5 Å². The summed E-state index contributed by atoms with van der Waals surface area (Å²) >= 11 is 0. The fourth-order valence-electron chi connectivity index (χ4n) is 2.27. The molecule has 0 radical (unpaired) electrons. The molecular weight excluding hydrogens is 264 g/mol. The number of nitrogens with one attached hydrogen (secondary N) is 1. The van der Waals surface area contributed by atoms with E-state index in [0.29, 0.717) is 5.41 Å². The lowest BCUT2D eigenvalue weighted by atomic mass is 9.76. The first kappa shape index (κ1) is 14.2. The average Bonchev–Trinajstić information content (AvgIpc) is 2.32. The standard InChI is InChI=1S/C12H20N4O2S/c1-12(2)5-3-9(4-6-12)16-19(17,18)10-7-14-11(13)15-8-10/h7-9,16H,3-6H2,1-2H3,(H2,13,14,15). The van der Waals surface area contributed by atoms with Crippen LogP contribution in [0.4, 0.5) is 5.95 Å². The molecule has 2 rings (SSSR count). The van der Waals surface area contributed by atoms with Crippen LogP contribution in [0.25, 0.3) is 0 Å². The third-order valence-electron chi connectivity index (χ3n) is 3.62. The topological polar surface area (TPSA) is 98.0 Å². The fourth-order valence-corrected chi connectivity index (χ4v) is 3.46. The molecule has 0 saturated heterocycles. The lowest BCUT2D eigenvalue weighted by Crippen LogP contribution is -2.39. The summed E-state index contributed by atoms with van der Waals surface area (Å²) in [5.41, 5.74) is 5.66. The Morgan fingerprint density at radius 1 is 1.26 bits per heavy atom. The highest BCUT2D eigenvalue weighted by Crippen LogP contribution is 2.35. The van der Waals surface area contributed by atoms with Crippen LogP contribution in [0.3, 0.4) is 0 Å². The van der Waals surface area contributed by atoms with Gasteiger partial charge in [-0.2, -0.15) is 0 Å². The Kier molecular flexibility index (Phi) is 3.78.